The molecule has 28 heavy (non-hydrogen) atoms. The van der Waals surface area contributed by atoms with Gasteiger partial charge in [-0.05, 0) is 25.1 Å². The van der Waals surface area contributed by atoms with Crippen LogP contribution in [-0.4, -0.2) is 28.1 Å². The molecule has 3 rings (SSSR count). The lowest BCUT2D eigenvalue weighted by atomic mass is 10.1. The molecule has 4 nitrogen and oxygen atoms in total. The first-order chi connectivity index (χ1) is 12.7. The lowest BCUT2D eigenvalue weighted by Crippen LogP contribution is -3.00. The highest BCUT2D eigenvalue weighted by atomic mass is 35.5. The standard InChI is InChI=1S/C18H18F3N3OS2.ClH/c1-10-15(8-12(27)9-26)24(6-5-16(10)25-2)17-22-13-4-3-11(18(19,20)21)7-14(13)23-17;/h3-7,12H,8-9H2,1-2H3,(H2-,22,23,26,27);1H. The smallest absolute Gasteiger partial charge is 0.416 e. The van der Waals surface area contributed by atoms with Crippen LogP contribution in [0.1, 0.15) is 16.8 Å². The molecule has 0 radical (unpaired) electrons. The number of benzene rings is 1. The number of aromatic amines is 1. The minimum Gasteiger partial charge on any atom is -1.00 e. The Balaban J connectivity index is 0.00000280. The fraction of sp³-hybridized carbons (Fsp3) is 0.333. The molecule has 0 fully saturated rings. The van der Waals surface area contributed by atoms with Crippen molar-refractivity contribution in [3.63, 3.8) is 0 Å². The number of methoxy groups -OCH3 is 1. The molecule has 10 heteroatoms. The topological polar surface area (TPSA) is 41.8 Å². The number of thiol groups is 2. The van der Waals surface area contributed by atoms with E-state index in [4.69, 9.17) is 4.74 Å². The second kappa shape index (κ2) is 8.84. The third-order valence-electron chi connectivity index (χ3n) is 4.35. The predicted octanol–water partition coefficient (Wildman–Crippen LogP) is 0.950. The Bertz CT molecular complexity index is 979. The van der Waals surface area contributed by atoms with Gasteiger partial charge in [-0.15, -0.1) is 0 Å². The number of hydrogen-bond donors (Lipinski definition) is 3. The summed E-state index contributed by atoms with van der Waals surface area (Å²) in [7, 11) is 1.59. The molecule has 2 heterocycles. The van der Waals surface area contributed by atoms with Gasteiger partial charge in [0.15, 0.2) is 5.52 Å². The predicted molar refractivity (Wildman–Crippen MR) is 104 cm³/mol. The second-order valence-electron chi connectivity index (χ2n) is 6.16. The summed E-state index contributed by atoms with van der Waals surface area (Å²) in [6.07, 6.45) is -2.03. The highest BCUT2D eigenvalue weighted by molar-refractivity contribution is 7.84. The maximum Gasteiger partial charge on any atom is 0.416 e. The first kappa shape index (κ1) is 22.7. The van der Waals surface area contributed by atoms with Crippen molar-refractivity contribution in [1.29, 1.82) is 0 Å². The van der Waals surface area contributed by atoms with E-state index in [1.165, 1.54) is 6.07 Å². The monoisotopic (exact) mass is 449 g/mol. The zero-order chi connectivity index (χ0) is 19.8. The number of alkyl halides is 3. The van der Waals surface area contributed by atoms with Gasteiger partial charge in [-0.25, -0.2) is 9.55 Å². The van der Waals surface area contributed by atoms with Crippen molar-refractivity contribution < 1.29 is 34.9 Å². The van der Waals surface area contributed by atoms with Gasteiger partial charge in [-0.1, -0.05) is 4.98 Å². The number of rotatable bonds is 5. The molecule has 1 N–H and O–H groups in total. The molecule has 0 amide bonds. The summed E-state index contributed by atoms with van der Waals surface area (Å²) in [4.78, 5) is 7.46. The molecule has 0 bridgehead atoms. The Morgan fingerprint density at radius 2 is 2.00 bits per heavy atom. The number of nitrogens with one attached hydrogen (secondary N) is 1. The van der Waals surface area contributed by atoms with Crippen LogP contribution < -0.4 is 21.7 Å². The Labute approximate surface area is 177 Å². The number of halogens is 4. The quantitative estimate of drug-likeness (QED) is 0.401. The van der Waals surface area contributed by atoms with Crippen LogP contribution in [0.25, 0.3) is 17.0 Å². The van der Waals surface area contributed by atoms with Gasteiger partial charge in [0, 0.05) is 29.1 Å². The van der Waals surface area contributed by atoms with Crippen molar-refractivity contribution >= 4 is 36.3 Å². The van der Waals surface area contributed by atoms with E-state index >= 15 is 0 Å². The molecule has 1 atom stereocenters. The molecular formula is C18H19ClF3N3OS2. The van der Waals surface area contributed by atoms with Crippen LogP contribution in [0.4, 0.5) is 13.2 Å². The van der Waals surface area contributed by atoms with Crippen molar-refractivity contribution in [2.45, 2.75) is 24.8 Å². The Hall–Kier alpha value is -1.58. The summed E-state index contributed by atoms with van der Waals surface area (Å²) >= 11 is 8.80. The molecule has 0 spiro atoms. The van der Waals surface area contributed by atoms with Crippen molar-refractivity contribution in [3.8, 4) is 11.7 Å². The number of H-pyrrole nitrogens is 1. The van der Waals surface area contributed by atoms with Gasteiger partial charge in [0.25, 0.3) is 0 Å². The SMILES string of the molecule is COc1cc[n+](-c2nc3cc(C(F)(F)F)ccc3[nH]2)c(CC(S)CS)c1C.[Cl-]. The summed E-state index contributed by atoms with van der Waals surface area (Å²) in [6, 6.07) is 5.27. The van der Waals surface area contributed by atoms with Gasteiger partial charge in [0.05, 0.1) is 24.6 Å². The van der Waals surface area contributed by atoms with Crippen LogP contribution in [-0.2, 0) is 12.6 Å². The molecule has 0 aliphatic carbocycles. The van der Waals surface area contributed by atoms with E-state index in [1.54, 1.807) is 19.4 Å². The average Bonchev–Trinajstić information content (AvgIpc) is 3.05. The zero-order valence-electron chi connectivity index (χ0n) is 15.1. The molecule has 1 unspecified atom stereocenters. The Morgan fingerprint density at radius 3 is 2.61 bits per heavy atom. The van der Waals surface area contributed by atoms with E-state index in [9.17, 15) is 13.2 Å². The normalized spacial score (nSPS) is 12.7. The molecule has 0 aliphatic heterocycles. The Morgan fingerprint density at radius 1 is 1.29 bits per heavy atom. The molecule has 0 aliphatic rings. The first-order valence-corrected chi connectivity index (χ1v) is 9.34. The van der Waals surface area contributed by atoms with Crippen LogP contribution in [0.5, 0.6) is 5.75 Å². The highest BCUT2D eigenvalue weighted by Gasteiger charge is 2.32. The maximum atomic E-state index is 13.0. The molecule has 3 aromatic rings. The van der Waals surface area contributed by atoms with E-state index in [-0.39, 0.29) is 23.2 Å². The third kappa shape index (κ3) is 4.52. The first-order valence-electron chi connectivity index (χ1n) is 8.19. The second-order valence-corrected chi connectivity index (χ2v) is 7.25. The largest absolute Gasteiger partial charge is 1.00 e. The fourth-order valence-corrected chi connectivity index (χ4v) is 3.22. The van der Waals surface area contributed by atoms with Crippen LogP contribution in [0.15, 0.2) is 30.5 Å². The summed E-state index contributed by atoms with van der Waals surface area (Å²) in [5, 5.41) is 0.00611. The number of imidazole rings is 1. The number of aromatic nitrogens is 3. The average molecular weight is 450 g/mol. The minimum atomic E-state index is -4.41. The maximum absolute atomic E-state index is 13.0. The van der Waals surface area contributed by atoms with E-state index in [2.05, 4.69) is 35.2 Å². The number of fused-ring (bicyclic) bond motifs is 1. The lowest BCUT2D eigenvalue weighted by Gasteiger charge is -2.14. The van der Waals surface area contributed by atoms with E-state index in [1.807, 2.05) is 11.5 Å². The van der Waals surface area contributed by atoms with Crippen molar-refractivity contribution in [1.82, 2.24) is 9.97 Å². The number of hydrogen-bond acceptors (Lipinski definition) is 4. The van der Waals surface area contributed by atoms with Gasteiger partial charge in [0.1, 0.15) is 11.3 Å². The van der Waals surface area contributed by atoms with E-state index < -0.39 is 11.7 Å². The zero-order valence-corrected chi connectivity index (χ0v) is 17.6. The van der Waals surface area contributed by atoms with Crippen molar-refractivity contribution in [2.24, 2.45) is 0 Å². The van der Waals surface area contributed by atoms with Crippen LogP contribution >= 0.6 is 25.3 Å². The van der Waals surface area contributed by atoms with Gasteiger partial charge < -0.3 is 17.1 Å². The van der Waals surface area contributed by atoms with Crippen LogP contribution in [0, 0.1) is 6.92 Å². The molecule has 152 valence electrons. The third-order valence-corrected chi connectivity index (χ3v) is 5.45. The highest BCUT2D eigenvalue weighted by Crippen LogP contribution is 2.31. The summed E-state index contributed by atoms with van der Waals surface area (Å²) in [6.45, 7) is 1.92. The fourth-order valence-electron chi connectivity index (χ4n) is 2.92. The van der Waals surface area contributed by atoms with Gasteiger partial charge >= 0.3 is 12.1 Å². The summed E-state index contributed by atoms with van der Waals surface area (Å²) in [5.41, 5.74) is 1.87. The van der Waals surface area contributed by atoms with Gasteiger partial charge in [0.2, 0.25) is 0 Å². The molecule has 1 aromatic carbocycles. The molecule has 0 saturated heterocycles. The van der Waals surface area contributed by atoms with E-state index in [0.29, 0.717) is 23.6 Å². The van der Waals surface area contributed by atoms with E-state index in [0.717, 1.165) is 29.1 Å². The molecular weight excluding hydrogens is 431 g/mol. The van der Waals surface area contributed by atoms with Gasteiger partial charge in [-0.3, -0.25) is 0 Å². The Kier molecular flexibility index (Phi) is 7.17. The number of ether oxygens (including phenoxy) is 1. The summed E-state index contributed by atoms with van der Waals surface area (Å²) < 4.78 is 46.1. The summed E-state index contributed by atoms with van der Waals surface area (Å²) in [5.74, 6) is 1.73. The van der Waals surface area contributed by atoms with Crippen molar-refractivity contribution in [3.05, 3.63) is 47.3 Å². The van der Waals surface area contributed by atoms with Crippen molar-refractivity contribution in [2.75, 3.05) is 12.9 Å². The molecule has 2 aromatic heterocycles. The van der Waals surface area contributed by atoms with Gasteiger partial charge in [-0.2, -0.15) is 38.4 Å². The molecule has 0 saturated carbocycles. The van der Waals surface area contributed by atoms with Crippen LogP contribution in [0.2, 0.25) is 0 Å². The van der Waals surface area contributed by atoms with Crippen LogP contribution in [0.3, 0.4) is 0 Å². The minimum absolute atomic E-state index is 0. The number of nitrogens with zero attached hydrogens (tertiary/aromatic N) is 2. The lowest BCUT2D eigenvalue weighted by molar-refractivity contribution is -0.612. The number of pyridine rings is 1.